The molecular formula is C18H20N2O4. The third-order valence-electron chi connectivity index (χ3n) is 4.79. The van der Waals surface area contributed by atoms with Gasteiger partial charge >= 0.3 is 0 Å². The number of amides is 1. The van der Waals surface area contributed by atoms with Crippen molar-refractivity contribution in [2.45, 2.75) is 31.5 Å². The highest BCUT2D eigenvalue weighted by molar-refractivity contribution is 5.93. The third-order valence-corrected chi connectivity index (χ3v) is 4.79. The Labute approximate surface area is 139 Å². The molecule has 126 valence electrons. The van der Waals surface area contributed by atoms with Gasteiger partial charge in [-0.25, -0.2) is 0 Å². The molecule has 3 atom stereocenters. The largest absolute Gasteiger partial charge is 0.451 e. The molecule has 3 heterocycles. The Bertz CT molecular complexity index is 831. The van der Waals surface area contributed by atoms with E-state index in [4.69, 9.17) is 9.15 Å². The lowest BCUT2D eigenvalue weighted by Crippen LogP contribution is -2.45. The zero-order valence-electron chi connectivity index (χ0n) is 13.5. The monoisotopic (exact) mass is 328 g/mol. The van der Waals surface area contributed by atoms with Crippen LogP contribution in [0.1, 0.15) is 23.9 Å². The molecule has 0 unspecified atom stereocenters. The summed E-state index contributed by atoms with van der Waals surface area (Å²) in [6, 6.07) is 8.62. The second-order valence-electron chi connectivity index (χ2n) is 6.63. The fraction of sp³-hybridized carbons (Fsp3) is 0.444. The topological polar surface area (TPSA) is 71.8 Å². The normalized spacial score (nSPS) is 27.1. The number of benzene rings is 1. The Morgan fingerprint density at radius 2 is 2.12 bits per heavy atom. The number of ether oxygens (including phenoxy) is 1. The van der Waals surface area contributed by atoms with E-state index < -0.39 is 0 Å². The van der Waals surface area contributed by atoms with Gasteiger partial charge in [-0.15, -0.1) is 0 Å². The smallest absolute Gasteiger partial charge is 0.287 e. The first kappa shape index (κ1) is 15.4. The zero-order valence-corrected chi connectivity index (χ0v) is 13.5. The zero-order chi connectivity index (χ0) is 16.7. The molecule has 1 aromatic carbocycles. The van der Waals surface area contributed by atoms with Gasteiger partial charge in [-0.1, -0.05) is 12.1 Å². The molecule has 6 nitrogen and oxygen atoms in total. The van der Waals surface area contributed by atoms with E-state index in [2.05, 4.69) is 17.1 Å². The van der Waals surface area contributed by atoms with Crippen LogP contribution < -0.4 is 10.7 Å². The highest BCUT2D eigenvalue weighted by Crippen LogP contribution is 2.23. The van der Waals surface area contributed by atoms with Crippen molar-refractivity contribution in [3.05, 3.63) is 46.3 Å². The second kappa shape index (κ2) is 6.03. The van der Waals surface area contributed by atoms with Crippen molar-refractivity contribution in [2.75, 3.05) is 19.7 Å². The van der Waals surface area contributed by atoms with Crippen LogP contribution in [0.25, 0.3) is 11.0 Å². The maximum absolute atomic E-state index is 12.5. The van der Waals surface area contributed by atoms with Crippen molar-refractivity contribution < 1.29 is 13.9 Å². The van der Waals surface area contributed by atoms with Crippen LogP contribution >= 0.6 is 0 Å². The number of nitrogens with zero attached hydrogens (tertiary/aromatic N) is 1. The van der Waals surface area contributed by atoms with Gasteiger partial charge in [0.1, 0.15) is 5.58 Å². The van der Waals surface area contributed by atoms with E-state index in [1.54, 1.807) is 24.3 Å². The molecule has 0 radical (unpaired) electrons. The van der Waals surface area contributed by atoms with Gasteiger partial charge in [0.25, 0.3) is 5.91 Å². The Morgan fingerprint density at radius 3 is 3.00 bits per heavy atom. The SMILES string of the molecule is C[C@H]1CN2C[C@H](NC(=O)c3cc(=O)c4ccccc4o3)C[C@H]2CO1. The number of carbonyl (C=O) groups is 1. The predicted molar refractivity (Wildman–Crippen MR) is 89.1 cm³/mol. The lowest BCUT2D eigenvalue weighted by atomic mass is 10.1. The van der Waals surface area contributed by atoms with E-state index in [0.29, 0.717) is 23.6 Å². The van der Waals surface area contributed by atoms with Crippen molar-refractivity contribution in [2.24, 2.45) is 0 Å². The molecule has 0 spiro atoms. The number of hydrogen-bond acceptors (Lipinski definition) is 5. The molecule has 24 heavy (non-hydrogen) atoms. The van der Waals surface area contributed by atoms with Crippen LogP contribution in [-0.2, 0) is 4.74 Å². The Hall–Kier alpha value is -2.18. The molecule has 0 bridgehead atoms. The van der Waals surface area contributed by atoms with Crippen LogP contribution in [-0.4, -0.2) is 48.7 Å². The van der Waals surface area contributed by atoms with E-state index in [0.717, 1.165) is 19.5 Å². The lowest BCUT2D eigenvalue weighted by molar-refractivity contribution is -0.0390. The van der Waals surface area contributed by atoms with Crippen molar-refractivity contribution in [3.63, 3.8) is 0 Å². The molecule has 0 aliphatic carbocycles. The van der Waals surface area contributed by atoms with Gasteiger partial charge in [0.05, 0.1) is 18.1 Å². The average molecular weight is 328 g/mol. The van der Waals surface area contributed by atoms with Crippen LogP contribution in [0.4, 0.5) is 0 Å². The van der Waals surface area contributed by atoms with Crippen molar-refractivity contribution in [1.29, 1.82) is 0 Å². The highest BCUT2D eigenvalue weighted by Gasteiger charge is 2.37. The van der Waals surface area contributed by atoms with E-state index in [-0.39, 0.29) is 29.2 Å². The summed E-state index contributed by atoms with van der Waals surface area (Å²) in [5, 5.41) is 3.47. The summed E-state index contributed by atoms with van der Waals surface area (Å²) in [7, 11) is 0. The number of morpholine rings is 1. The Morgan fingerprint density at radius 1 is 1.29 bits per heavy atom. The van der Waals surface area contributed by atoms with Gasteiger partial charge in [-0.2, -0.15) is 0 Å². The molecule has 6 heteroatoms. The molecule has 1 aromatic heterocycles. The molecule has 2 saturated heterocycles. The number of hydrogen-bond donors (Lipinski definition) is 1. The number of nitrogens with one attached hydrogen (secondary N) is 1. The van der Waals surface area contributed by atoms with Crippen LogP contribution in [0, 0.1) is 0 Å². The molecule has 4 rings (SSSR count). The van der Waals surface area contributed by atoms with Crippen molar-refractivity contribution in [1.82, 2.24) is 10.2 Å². The van der Waals surface area contributed by atoms with E-state index in [1.807, 2.05) is 0 Å². The number of fused-ring (bicyclic) bond motifs is 2. The fourth-order valence-electron chi connectivity index (χ4n) is 3.62. The van der Waals surface area contributed by atoms with Gasteiger partial charge in [0.2, 0.25) is 0 Å². The van der Waals surface area contributed by atoms with Crippen LogP contribution in [0.15, 0.2) is 39.5 Å². The summed E-state index contributed by atoms with van der Waals surface area (Å²) in [6.07, 6.45) is 1.09. The Balaban J connectivity index is 1.50. The maximum Gasteiger partial charge on any atom is 0.287 e. The minimum Gasteiger partial charge on any atom is -0.451 e. The lowest BCUT2D eigenvalue weighted by Gasteiger charge is -2.33. The summed E-state index contributed by atoms with van der Waals surface area (Å²) < 4.78 is 11.3. The molecule has 2 aliphatic heterocycles. The van der Waals surface area contributed by atoms with Gasteiger partial charge in [-0.3, -0.25) is 14.5 Å². The molecule has 1 N–H and O–H groups in total. The quantitative estimate of drug-likeness (QED) is 0.902. The van der Waals surface area contributed by atoms with Crippen molar-refractivity contribution >= 4 is 16.9 Å². The predicted octanol–water partition coefficient (Wildman–Crippen LogP) is 1.38. The summed E-state index contributed by atoms with van der Waals surface area (Å²) >= 11 is 0. The summed E-state index contributed by atoms with van der Waals surface area (Å²) in [5.41, 5.74) is 0.231. The van der Waals surface area contributed by atoms with Crippen LogP contribution in [0.3, 0.4) is 0 Å². The second-order valence-corrected chi connectivity index (χ2v) is 6.63. The third kappa shape index (κ3) is 2.83. The van der Waals surface area contributed by atoms with Gasteiger partial charge in [-0.05, 0) is 25.5 Å². The van der Waals surface area contributed by atoms with Crippen LogP contribution in [0.5, 0.6) is 0 Å². The Kier molecular flexibility index (Phi) is 3.86. The summed E-state index contributed by atoms with van der Waals surface area (Å²) in [5.74, 6) is -0.273. The number of carbonyl (C=O) groups excluding carboxylic acids is 1. The van der Waals surface area contributed by atoms with E-state index in [1.165, 1.54) is 6.07 Å². The van der Waals surface area contributed by atoms with E-state index in [9.17, 15) is 9.59 Å². The maximum atomic E-state index is 12.5. The first-order valence-corrected chi connectivity index (χ1v) is 8.29. The fourth-order valence-corrected chi connectivity index (χ4v) is 3.62. The van der Waals surface area contributed by atoms with Gasteiger partial charge in [0, 0.05) is 31.2 Å². The molecule has 0 saturated carbocycles. The van der Waals surface area contributed by atoms with Gasteiger partial charge < -0.3 is 14.5 Å². The van der Waals surface area contributed by atoms with E-state index >= 15 is 0 Å². The minimum absolute atomic E-state index is 0.0492. The molecular weight excluding hydrogens is 308 g/mol. The molecule has 2 aliphatic rings. The molecule has 2 aromatic rings. The number of rotatable bonds is 2. The molecule has 1 amide bonds. The highest BCUT2D eigenvalue weighted by atomic mass is 16.5. The average Bonchev–Trinajstić information content (AvgIpc) is 2.96. The summed E-state index contributed by atoms with van der Waals surface area (Å²) in [4.78, 5) is 26.9. The first-order valence-electron chi connectivity index (χ1n) is 8.29. The summed E-state index contributed by atoms with van der Waals surface area (Å²) in [6.45, 7) is 4.47. The molecule has 2 fully saturated rings. The van der Waals surface area contributed by atoms with Crippen LogP contribution in [0.2, 0.25) is 0 Å². The van der Waals surface area contributed by atoms with Crippen molar-refractivity contribution in [3.8, 4) is 0 Å². The minimum atomic E-state index is -0.336. The number of para-hydroxylation sites is 1. The first-order chi connectivity index (χ1) is 11.6. The van der Waals surface area contributed by atoms with Gasteiger partial charge in [0.15, 0.2) is 11.2 Å². The standard InChI is InChI=1S/C18H20N2O4/c1-11-8-20-9-12(6-13(20)10-23-11)19-18(22)17-7-15(21)14-4-2-3-5-16(14)24-17/h2-5,7,11-13H,6,8-10H2,1H3,(H,19,22)/t11-,12+,13-/m0/s1.